The first-order chi connectivity index (χ1) is 28.5. The minimum Gasteiger partial charge on any atom is -0.309 e. The fourth-order valence-corrected chi connectivity index (χ4v) is 9.74. The predicted molar refractivity (Wildman–Crippen MR) is 243 cm³/mol. The van der Waals surface area contributed by atoms with Crippen LogP contribution in [-0.2, 0) is 5.41 Å². The van der Waals surface area contributed by atoms with E-state index < -0.39 is 0 Å². The third-order valence-electron chi connectivity index (χ3n) is 12.6. The molecule has 1 aliphatic carbocycles. The summed E-state index contributed by atoms with van der Waals surface area (Å²) in [5, 5.41) is 10.3. The summed E-state index contributed by atoms with van der Waals surface area (Å²) in [4.78, 5) is 10.4. The Balaban J connectivity index is 1.07. The molecule has 2 aromatic heterocycles. The van der Waals surface area contributed by atoms with Crippen LogP contribution in [0.5, 0.6) is 0 Å². The number of hydrogen-bond acceptors (Lipinski definition) is 2. The van der Waals surface area contributed by atoms with Crippen molar-refractivity contribution < 1.29 is 0 Å². The Labute approximate surface area is 336 Å². The molecule has 0 spiro atoms. The first-order valence-corrected chi connectivity index (χ1v) is 20.1. The number of nitrogens with zero attached hydrogens (tertiary/aromatic N) is 3. The molecule has 0 saturated carbocycles. The van der Waals surface area contributed by atoms with Gasteiger partial charge in [0, 0.05) is 38.6 Å². The highest BCUT2D eigenvalue weighted by Crippen LogP contribution is 2.53. The van der Waals surface area contributed by atoms with E-state index in [1.54, 1.807) is 0 Å². The van der Waals surface area contributed by atoms with Crippen molar-refractivity contribution in [3.05, 3.63) is 199 Å². The second-order valence-corrected chi connectivity index (χ2v) is 16.2. The Morgan fingerprint density at radius 2 is 0.845 bits per heavy atom. The normalized spacial score (nSPS) is 13.1. The lowest BCUT2D eigenvalue weighted by Gasteiger charge is -2.23. The maximum absolute atomic E-state index is 5.18. The van der Waals surface area contributed by atoms with E-state index in [-0.39, 0.29) is 5.41 Å². The van der Waals surface area contributed by atoms with E-state index >= 15 is 0 Å². The van der Waals surface area contributed by atoms with Crippen molar-refractivity contribution in [2.75, 3.05) is 0 Å². The first kappa shape index (κ1) is 32.8. The van der Waals surface area contributed by atoms with Crippen LogP contribution in [0.15, 0.2) is 188 Å². The summed E-state index contributed by atoms with van der Waals surface area (Å²) in [5.41, 5.74) is 13.5. The largest absolute Gasteiger partial charge is 0.309 e. The molecule has 9 aromatic carbocycles. The molecule has 11 aromatic rings. The van der Waals surface area contributed by atoms with Crippen LogP contribution < -0.4 is 0 Å². The van der Waals surface area contributed by atoms with E-state index in [0.717, 1.165) is 33.8 Å². The number of rotatable bonds is 4. The van der Waals surface area contributed by atoms with E-state index in [0.29, 0.717) is 5.82 Å². The molecule has 0 N–H and O–H groups in total. The quantitative estimate of drug-likeness (QED) is 0.168. The smallest absolute Gasteiger partial charge is 0.160 e. The van der Waals surface area contributed by atoms with Crippen molar-refractivity contribution >= 4 is 54.1 Å². The van der Waals surface area contributed by atoms with Crippen LogP contribution in [0, 0.1) is 0 Å². The molecule has 0 aliphatic heterocycles. The third kappa shape index (κ3) is 4.80. The van der Waals surface area contributed by atoms with Crippen LogP contribution in [-0.4, -0.2) is 14.5 Å². The maximum Gasteiger partial charge on any atom is 0.160 e. The highest BCUT2D eigenvalue weighted by atomic mass is 15.0. The van der Waals surface area contributed by atoms with Gasteiger partial charge in [-0.05, 0) is 103 Å². The molecule has 272 valence electrons. The average Bonchev–Trinajstić information content (AvgIpc) is 3.72. The van der Waals surface area contributed by atoms with E-state index in [9.17, 15) is 0 Å². The molecule has 0 bridgehead atoms. The standard InChI is InChI=1S/C55H37N3/c1-55(2)48-31-44-41-25-12-10-23-39(41)38-22-9-11-24-40(38)43(44)29-45(48)46-30-47-42-26-13-14-27-52(42)58(53(47)32-49(46)55)37-21-15-20-36(28-37)54-56-50(34-16-5-3-6-17-34)33-51(57-54)35-18-7-4-8-19-35/h3-33H,1-2H3. The predicted octanol–water partition coefficient (Wildman–Crippen LogP) is 14.3. The molecular weight excluding hydrogens is 703 g/mol. The van der Waals surface area contributed by atoms with Crippen molar-refractivity contribution in [1.82, 2.24) is 14.5 Å². The van der Waals surface area contributed by atoms with E-state index in [1.165, 1.54) is 76.4 Å². The minimum atomic E-state index is -0.206. The highest BCUT2D eigenvalue weighted by Gasteiger charge is 2.37. The van der Waals surface area contributed by atoms with Crippen molar-refractivity contribution in [2.45, 2.75) is 19.3 Å². The lowest BCUT2D eigenvalue weighted by atomic mass is 9.81. The van der Waals surface area contributed by atoms with Gasteiger partial charge in [0.25, 0.3) is 0 Å². The summed E-state index contributed by atoms with van der Waals surface area (Å²) in [6, 6.07) is 68.1. The fourth-order valence-electron chi connectivity index (χ4n) is 9.74. The van der Waals surface area contributed by atoms with Crippen molar-refractivity contribution in [3.8, 4) is 50.7 Å². The highest BCUT2D eigenvalue weighted by molar-refractivity contribution is 6.26. The van der Waals surface area contributed by atoms with Gasteiger partial charge in [0.2, 0.25) is 0 Å². The number of aromatic nitrogens is 3. The molecule has 12 rings (SSSR count). The van der Waals surface area contributed by atoms with Gasteiger partial charge in [-0.1, -0.05) is 153 Å². The van der Waals surface area contributed by atoms with Crippen molar-refractivity contribution in [3.63, 3.8) is 0 Å². The monoisotopic (exact) mass is 739 g/mol. The molecule has 0 radical (unpaired) electrons. The molecule has 0 unspecified atom stereocenters. The maximum atomic E-state index is 5.18. The average molecular weight is 740 g/mol. The molecule has 3 nitrogen and oxygen atoms in total. The second-order valence-electron chi connectivity index (χ2n) is 16.2. The summed E-state index contributed by atoms with van der Waals surface area (Å²) < 4.78 is 2.43. The van der Waals surface area contributed by atoms with Gasteiger partial charge >= 0.3 is 0 Å². The third-order valence-corrected chi connectivity index (χ3v) is 12.6. The van der Waals surface area contributed by atoms with Gasteiger partial charge in [0.05, 0.1) is 22.4 Å². The SMILES string of the molecule is CC1(C)c2cc3c4ccccc4c4ccccc4c3cc2-c2cc3c4ccccc4n(-c4cccc(-c5nc(-c6ccccc6)cc(-c6ccccc6)n5)c4)c3cc21. The lowest BCUT2D eigenvalue weighted by molar-refractivity contribution is 0.662. The summed E-state index contributed by atoms with van der Waals surface area (Å²) in [5.74, 6) is 0.701. The second kappa shape index (κ2) is 12.3. The van der Waals surface area contributed by atoms with E-state index in [2.05, 4.69) is 194 Å². The molecule has 0 atom stereocenters. The molecule has 3 heteroatoms. The number of para-hydroxylation sites is 1. The van der Waals surface area contributed by atoms with Crippen molar-refractivity contribution in [2.24, 2.45) is 0 Å². The van der Waals surface area contributed by atoms with E-state index in [1.807, 2.05) is 12.1 Å². The summed E-state index contributed by atoms with van der Waals surface area (Å²) in [6.45, 7) is 4.79. The molecule has 0 saturated heterocycles. The summed E-state index contributed by atoms with van der Waals surface area (Å²) >= 11 is 0. The van der Waals surface area contributed by atoms with Crippen molar-refractivity contribution in [1.29, 1.82) is 0 Å². The van der Waals surface area contributed by atoms with Gasteiger partial charge in [-0.3, -0.25) is 0 Å². The molecule has 58 heavy (non-hydrogen) atoms. The lowest BCUT2D eigenvalue weighted by Crippen LogP contribution is -2.15. The molecule has 1 aliphatic rings. The molecular formula is C55H37N3. The Kier molecular flexibility index (Phi) is 6.98. The Hall–Kier alpha value is -7.36. The zero-order chi connectivity index (χ0) is 38.5. The van der Waals surface area contributed by atoms with Gasteiger partial charge in [-0.2, -0.15) is 0 Å². The minimum absolute atomic E-state index is 0.206. The van der Waals surface area contributed by atoms with Crippen LogP contribution in [0.2, 0.25) is 0 Å². The van der Waals surface area contributed by atoms with Crippen LogP contribution in [0.25, 0.3) is 105 Å². The van der Waals surface area contributed by atoms with Crippen LogP contribution in [0.4, 0.5) is 0 Å². The number of benzene rings is 9. The van der Waals surface area contributed by atoms with Gasteiger partial charge in [-0.15, -0.1) is 0 Å². The van der Waals surface area contributed by atoms with Crippen LogP contribution in [0.1, 0.15) is 25.0 Å². The number of hydrogen-bond donors (Lipinski definition) is 0. The van der Waals surface area contributed by atoms with Gasteiger partial charge in [-0.25, -0.2) is 9.97 Å². The Morgan fingerprint density at radius 3 is 1.47 bits per heavy atom. The molecule has 0 fully saturated rings. The molecule has 0 amide bonds. The fraction of sp³-hybridized carbons (Fsp3) is 0.0545. The molecule has 2 heterocycles. The van der Waals surface area contributed by atoms with Gasteiger partial charge < -0.3 is 4.57 Å². The van der Waals surface area contributed by atoms with Crippen LogP contribution in [0.3, 0.4) is 0 Å². The van der Waals surface area contributed by atoms with E-state index in [4.69, 9.17) is 9.97 Å². The summed E-state index contributed by atoms with van der Waals surface area (Å²) in [7, 11) is 0. The topological polar surface area (TPSA) is 30.7 Å². The zero-order valence-corrected chi connectivity index (χ0v) is 32.2. The van der Waals surface area contributed by atoms with Crippen LogP contribution >= 0.6 is 0 Å². The van der Waals surface area contributed by atoms with Gasteiger partial charge in [0.1, 0.15) is 0 Å². The summed E-state index contributed by atoms with van der Waals surface area (Å²) in [6.07, 6.45) is 0. The Bertz CT molecular complexity index is 3410. The first-order valence-electron chi connectivity index (χ1n) is 20.1. The zero-order valence-electron chi connectivity index (χ0n) is 32.2. The number of fused-ring (bicyclic) bond motifs is 12. The van der Waals surface area contributed by atoms with Gasteiger partial charge in [0.15, 0.2) is 5.82 Å². The Morgan fingerprint density at radius 1 is 0.362 bits per heavy atom.